The molecular formula is C20H25NO8S. The lowest BCUT2D eigenvalue weighted by Gasteiger charge is -2.42. The minimum absolute atomic E-state index is 0.0521. The lowest BCUT2D eigenvalue weighted by Crippen LogP contribution is -2.64. The van der Waals surface area contributed by atoms with E-state index in [9.17, 15) is 18.6 Å². The van der Waals surface area contributed by atoms with Gasteiger partial charge in [0.2, 0.25) is 0 Å². The molecule has 0 aliphatic carbocycles. The molecule has 5 atom stereocenters. The van der Waals surface area contributed by atoms with Gasteiger partial charge in [0, 0.05) is 0 Å². The Balaban J connectivity index is 1.67. The van der Waals surface area contributed by atoms with Crippen LogP contribution in [0.5, 0.6) is 0 Å². The van der Waals surface area contributed by atoms with Gasteiger partial charge < -0.3 is 24.4 Å². The van der Waals surface area contributed by atoms with Gasteiger partial charge >= 0.3 is 10.3 Å². The number of benzene rings is 2. The molecule has 1 fully saturated rings. The second kappa shape index (κ2) is 10.4. The number of nitrogens with one attached hydrogen (secondary N) is 1. The second-order valence-corrected chi connectivity index (χ2v) is 8.12. The molecule has 0 spiro atoms. The van der Waals surface area contributed by atoms with Gasteiger partial charge in [0.25, 0.3) is 0 Å². The van der Waals surface area contributed by atoms with E-state index in [1.807, 2.05) is 53.3 Å². The van der Waals surface area contributed by atoms with Crippen molar-refractivity contribution in [1.29, 1.82) is 0 Å². The molecule has 0 radical (unpaired) electrons. The van der Waals surface area contributed by atoms with Gasteiger partial charge in [-0.2, -0.15) is 13.1 Å². The number of hydrogen-bond acceptors (Lipinski definition) is 7. The van der Waals surface area contributed by atoms with Gasteiger partial charge in [0.05, 0.1) is 19.8 Å². The molecule has 2 aromatic rings. The van der Waals surface area contributed by atoms with Crippen molar-refractivity contribution in [3.63, 3.8) is 0 Å². The summed E-state index contributed by atoms with van der Waals surface area (Å²) in [4.78, 5) is 0. The van der Waals surface area contributed by atoms with Gasteiger partial charge in [0.15, 0.2) is 6.29 Å². The summed E-state index contributed by atoms with van der Waals surface area (Å²) >= 11 is 0. The van der Waals surface area contributed by atoms with Gasteiger partial charge in [-0.1, -0.05) is 60.7 Å². The van der Waals surface area contributed by atoms with Crippen molar-refractivity contribution >= 4 is 10.3 Å². The van der Waals surface area contributed by atoms with Crippen LogP contribution in [0, 0.1) is 0 Å². The Bertz CT molecular complexity index is 880. The minimum atomic E-state index is -4.68. The molecular weight excluding hydrogens is 414 g/mol. The lowest BCUT2D eigenvalue weighted by atomic mass is 9.97. The van der Waals surface area contributed by atoms with Crippen LogP contribution in [0.2, 0.25) is 0 Å². The van der Waals surface area contributed by atoms with Gasteiger partial charge in [0.1, 0.15) is 24.4 Å². The zero-order valence-electron chi connectivity index (χ0n) is 16.1. The average Bonchev–Trinajstić information content (AvgIpc) is 2.72. The fourth-order valence-corrected chi connectivity index (χ4v) is 3.80. The number of rotatable bonds is 9. The first-order valence-electron chi connectivity index (χ1n) is 9.37. The van der Waals surface area contributed by atoms with Crippen molar-refractivity contribution in [2.75, 3.05) is 6.61 Å². The zero-order chi connectivity index (χ0) is 21.6. The largest absolute Gasteiger partial charge is 0.388 e. The van der Waals surface area contributed by atoms with E-state index in [1.165, 1.54) is 0 Å². The van der Waals surface area contributed by atoms with Gasteiger partial charge in [-0.3, -0.25) is 4.55 Å². The molecule has 0 amide bonds. The quantitative estimate of drug-likeness (QED) is 0.418. The number of aliphatic hydroxyl groups excluding tert-OH is 2. The SMILES string of the molecule is O=S(=O)(O)N[C@@H]1[C@@H](OCc2ccccc2)[C@H](O)[C@@H](COCc2ccccc2)O[C@H]1O. The van der Waals surface area contributed by atoms with Crippen molar-refractivity contribution in [2.45, 2.75) is 43.9 Å². The molecule has 0 unspecified atom stereocenters. The summed E-state index contributed by atoms with van der Waals surface area (Å²) in [5.74, 6) is 0. The zero-order valence-corrected chi connectivity index (χ0v) is 16.9. The maximum absolute atomic E-state index is 11.3. The normalized spacial score (nSPS) is 27.1. The highest BCUT2D eigenvalue weighted by atomic mass is 32.2. The molecule has 2 aromatic carbocycles. The van der Waals surface area contributed by atoms with E-state index in [0.29, 0.717) is 0 Å². The summed E-state index contributed by atoms with van der Waals surface area (Å²) in [6.45, 7) is 0.263. The number of aliphatic hydroxyl groups is 2. The molecule has 0 aromatic heterocycles. The smallest absolute Gasteiger partial charge is 0.333 e. The maximum Gasteiger partial charge on any atom is 0.333 e. The van der Waals surface area contributed by atoms with Gasteiger partial charge in [-0.25, -0.2) is 0 Å². The van der Waals surface area contributed by atoms with E-state index in [-0.39, 0.29) is 19.8 Å². The minimum Gasteiger partial charge on any atom is -0.388 e. The van der Waals surface area contributed by atoms with Crippen molar-refractivity contribution < 1.29 is 37.4 Å². The average molecular weight is 439 g/mol. The standard InChI is InChI=1S/C20H25NO8S/c22-18-16(13-27-11-14-7-3-1-4-8-14)29-20(23)17(21-30(24,25)26)19(18)28-12-15-9-5-2-6-10-15/h1-10,16-23H,11-13H2,(H,24,25,26)/t16-,17-,18-,19-,20-/m1/s1. The third-order valence-electron chi connectivity index (χ3n) is 4.66. The molecule has 1 saturated heterocycles. The van der Waals surface area contributed by atoms with Crippen LogP contribution in [0.4, 0.5) is 0 Å². The van der Waals surface area contributed by atoms with E-state index < -0.39 is 40.9 Å². The van der Waals surface area contributed by atoms with Crippen LogP contribution < -0.4 is 4.72 Å². The molecule has 1 aliphatic rings. The Kier molecular flexibility index (Phi) is 7.92. The van der Waals surface area contributed by atoms with E-state index in [2.05, 4.69) is 0 Å². The molecule has 1 heterocycles. The first kappa shape index (κ1) is 22.8. The third-order valence-corrected chi connectivity index (χ3v) is 5.23. The third kappa shape index (κ3) is 6.56. The molecule has 1 aliphatic heterocycles. The molecule has 10 heteroatoms. The van der Waals surface area contributed by atoms with Crippen LogP contribution in [-0.2, 0) is 37.7 Å². The van der Waals surface area contributed by atoms with Crippen LogP contribution in [0.3, 0.4) is 0 Å². The molecule has 3 rings (SSSR count). The molecule has 9 nitrogen and oxygen atoms in total. The summed E-state index contributed by atoms with van der Waals surface area (Å²) in [5.41, 5.74) is 1.71. The van der Waals surface area contributed by atoms with Crippen LogP contribution >= 0.6 is 0 Å². The molecule has 164 valence electrons. The topological polar surface area (TPSA) is 135 Å². The first-order chi connectivity index (χ1) is 14.3. The van der Waals surface area contributed by atoms with Crippen LogP contribution in [-0.4, -0.2) is 60.4 Å². The number of ether oxygens (including phenoxy) is 3. The fourth-order valence-electron chi connectivity index (χ4n) is 3.20. The predicted molar refractivity (Wildman–Crippen MR) is 106 cm³/mol. The Labute approximate surface area is 175 Å². The highest BCUT2D eigenvalue weighted by molar-refractivity contribution is 7.83. The monoisotopic (exact) mass is 439 g/mol. The summed E-state index contributed by atoms with van der Waals surface area (Å²) in [6, 6.07) is 17.0. The summed E-state index contributed by atoms with van der Waals surface area (Å²) in [5, 5.41) is 21.0. The highest BCUT2D eigenvalue weighted by Gasteiger charge is 2.47. The lowest BCUT2D eigenvalue weighted by molar-refractivity contribution is -0.264. The Morgan fingerprint density at radius 3 is 2.07 bits per heavy atom. The van der Waals surface area contributed by atoms with Crippen LogP contribution in [0.25, 0.3) is 0 Å². The number of hydrogen-bond donors (Lipinski definition) is 4. The highest BCUT2D eigenvalue weighted by Crippen LogP contribution is 2.24. The second-order valence-electron chi connectivity index (χ2n) is 6.94. The first-order valence-corrected chi connectivity index (χ1v) is 10.8. The maximum atomic E-state index is 11.3. The summed E-state index contributed by atoms with van der Waals surface area (Å²) in [6.07, 6.45) is -5.15. The van der Waals surface area contributed by atoms with E-state index in [0.717, 1.165) is 11.1 Å². The summed E-state index contributed by atoms with van der Waals surface area (Å²) in [7, 11) is -4.68. The van der Waals surface area contributed by atoms with Crippen molar-refractivity contribution in [3.05, 3.63) is 71.8 Å². The predicted octanol–water partition coefficient (Wildman–Crippen LogP) is 0.628. The van der Waals surface area contributed by atoms with E-state index >= 15 is 0 Å². The van der Waals surface area contributed by atoms with Crippen molar-refractivity contribution in [3.8, 4) is 0 Å². The summed E-state index contributed by atoms with van der Waals surface area (Å²) < 4.78 is 50.2. The van der Waals surface area contributed by atoms with E-state index in [1.54, 1.807) is 12.1 Å². The fraction of sp³-hybridized carbons (Fsp3) is 0.400. The van der Waals surface area contributed by atoms with Gasteiger partial charge in [-0.15, -0.1) is 0 Å². The van der Waals surface area contributed by atoms with Crippen LogP contribution in [0.1, 0.15) is 11.1 Å². The van der Waals surface area contributed by atoms with Crippen molar-refractivity contribution in [2.24, 2.45) is 0 Å². The Morgan fingerprint density at radius 1 is 0.933 bits per heavy atom. The molecule has 0 bridgehead atoms. The van der Waals surface area contributed by atoms with Crippen molar-refractivity contribution in [1.82, 2.24) is 4.72 Å². The Hall–Kier alpha value is -1.89. The van der Waals surface area contributed by atoms with E-state index in [4.69, 9.17) is 18.8 Å². The molecule has 4 N–H and O–H groups in total. The Morgan fingerprint density at radius 2 is 1.50 bits per heavy atom. The van der Waals surface area contributed by atoms with Gasteiger partial charge in [-0.05, 0) is 11.1 Å². The van der Waals surface area contributed by atoms with Crippen LogP contribution in [0.15, 0.2) is 60.7 Å². The molecule has 0 saturated carbocycles. The molecule has 30 heavy (non-hydrogen) atoms.